The molecule has 0 amide bonds. The number of halogens is 1. The second-order valence-corrected chi connectivity index (χ2v) is 6.80. The monoisotopic (exact) mass is 397 g/mol. The first-order valence-electron chi connectivity index (χ1n) is 7.40. The number of hydrogen-bond acceptors (Lipinski definition) is 7. The molecule has 0 aliphatic carbocycles. The van der Waals surface area contributed by atoms with E-state index < -0.39 is 32.7 Å². The minimum atomic E-state index is -4.37. The molecule has 0 radical (unpaired) electrons. The zero-order valence-corrected chi connectivity index (χ0v) is 15.4. The molecular formula is C17H16FNO7S. The van der Waals surface area contributed by atoms with Crippen molar-refractivity contribution in [2.45, 2.75) is 4.90 Å². The summed E-state index contributed by atoms with van der Waals surface area (Å²) in [5.41, 5.74) is -0.394. The van der Waals surface area contributed by atoms with Crippen LogP contribution in [0.5, 0.6) is 5.75 Å². The highest BCUT2D eigenvalue weighted by Gasteiger charge is 2.24. The van der Waals surface area contributed by atoms with Crippen LogP contribution in [0.1, 0.15) is 20.7 Å². The van der Waals surface area contributed by atoms with Gasteiger partial charge in [0.15, 0.2) is 0 Å². The minimum Gasteiger partial charge on any atom is -0.495 e. The zero-order valence-electron chi connectivity index (χ0n) is 14.6. The van der Waals surface area contributed by atoms with Crippen LogP contribution >= 0.6 is 0 Å². The highest BCUT2D eigenvalue weighted by atomic mass is 32.2. The predicted octanol–water partition coefficient (Wildman–Crippen LogP) is 2.21. The molecular weight excluding hydrogens is 381 g/mol. The lowest BCUT2D eigenvalue weighted by molar-refractivity contribution is 0.0587. The summed E-state index contributed by atoms with van der Waals surface area (Å²) < 4.78 is 55.3. The van der Waals surface area contributed by atoms with Crippen LogP contribution in [0, 0.1) is 5.82 Å². The van der Waals surface area contributed by atoms with E-state index in [0.29, 0.717) is 0 Å². The Kier molecular flexibility index (Phi) is 6.01. The van der Waals surface area contributed by atoms with Crippen molar-refractivity contribution >= 4 is 27.6 Å². The maximum atomic E-state index is 13.5. The van der Waals surface area contributed by atoms with Crippen LogP contribution in [0.15, 0.2) is 41.3 Å². The maximum absolute atomic E-state index is 13.5. The topological polar surface area (TPSA) is 108 Å². The van der Waals surface area contributed by atoms with Gasteiger partial charge in [0.05, 0.1) is 38.1 Å². The summed E-state index contributed by atoms with van der Waals surface area (Å²) in [6.07, 6.45) is 0. The van der Waals surface area contributed by atoms with Crippen LogP contribution < -0.4 is 9.46 Å². The lowest BCUT2D eigenvalue weighted by atomic mass is 10.1. The Bertz CT molecular complexity index is 989. The number of anilines is 1. The van der Waals surface area contributed by atoms with Gasteiger partial charge in [-0.25, -0.2) is 22.4 Å². The smallest absolute Gasteiger partial charge is 0.339 e. The number of ether oxygens (including phenoxy) is 3. The van der Waals surface area contributed by atoms with E-state index in [1.165, 1.54) is 19.2 Å². The molecule has 0 spiro atoms. The number of benzene rings is 2. The fraction of sp³-hybridized carbons (Fsp3) is 0.176. The Balaban J connectivity index is 2.58. The van der Waals surface area contributed by atoms with Crippen molar-refractivity contribution in [2.24, 2.45) is 0 Å². The lowest BCUT2D eigenvalue weighted by Crippen LogP contribution is -2.18. The quantitative estimate of drug-likeness (QED) is 0.745. The second-order valence-electron chi connectivity index (χ2n) is 5.14. The Morgan fingerprint density at radius 2 is 1.63 bits per heavy atom. The van der Waals surface area contributed by atoms with Gasteiger partial charge in [-0.15, -0.1) is 0 Å². The Labute approximate surface area is 154 Å². The third-order valence-corrected chi connectivity index (χ3v) is 4.89. The third-order valence-electron chi connectivity index (χ3n) is 3.51. The molecule has 10 heteroatoms. The van der Waals surface area contributed by atoms with Crippen LogP contribution in [0.4, 0.5) is 10.1 Å². The molecule has 0 aliphatic rings. The third kappa shape index (κ3) is 4.34. The van der Waals surface area contributed by atoms with Crippen molar-refractivity contribution in [1.82, 2.24) is 0 Å². The van der Waals surface area contributed by atoms with E-state index in [1.54, 1.807) is 0 Å². The number of carbonyl (C=O) groups excluding carboxylic acids is 2. The standard InChI is InChI=1S/C17H16FNO7S/c1-24-14-7-5-11(18)9-15(14)27(22,23)19-13-8-10(16(20)25-2)4-6-12(13)17(21)26-3/h4-9,19H,1-3H3. The van der Waals surface area contributed by atoms with E-state index in [0.717, 1.165) is 38.5 Å². The number of methoxy groups -OCH3 is 3. The van der Waals surface area contributed by atoms with E-state index >= 15 is 0 Å². The summed E-state index contributed by atoms with van der Waals surface area (Å²) in [4.78, 5) is 23.2. The van der Waals surface area contributed by atoms with Crippen LogP contribution in [-0.4, -0.2) is 41.7 Å². The minimum absolute atomic E-state index is 0.00550. The van der Waals surface area contributed by atoms with Gasteiger partial charge in [0, 0.05) is 0 Å². The van der Waals surface area contributed by atoms with Crippen molar-refractivity contribution in [1.29, 1.82) is 0 Å². The second kappa shape index (κ2) is 8.04. The Morgan fingerprint density at radius 3 is 2.22 bits per heavy atom. The largest absolute Gasteiger partial charge is 0.495 e. The van der Waals surface area contributed by atoms with Crippen LogP contribution in [0.3, 0.4) is 0 Å². The lowest BCUT2D eigenvalue weighted by Gasteiger charge is -2.14. The van der Waals surface area contributed by atoms with Gasteiger partial charge in [0.2, 0.25) is 0 Å². The molecule has 2 aromatic rings. The molecule has 8 nitrogen and oxygen atoms in total. The maximum Gasteiger partial charge on any atom is 0.339 e. The molecule has 0 heterocycles. The highest BCUT2D eigenvalue weighted by Crippen LogP contribution is 2.28. The average molecular weight is 397 g/mol. The van der Waals surface area contributed by atoms with E-state index in [9.17, 15) is 22.4 Å². The first-order chi connectivity index (χ1) is 12.7. The summed E-state index contributed by atoms with van der Waals surface area (Å²) in [7, 11) is -0.874. The molecule has 2 rings (SSSR count). The van der Waals surface area contributed by atoms with Crippen molar-refractivity contribution in [2.75, 3.05) is 26.1 Å². The number of sulfonamides is 1. The highest BCUT2D eigenvalue weighted by molar-refractivity contribution is 7.92. The molecule has 27 heavy (non-hydrogen) atoms. The molecule has 0 aliphatic heterocycles. The molecule has 0 atom stereocenters. The molecule has 0 saturated heterocycles. The van der Waals surface area contributed by atoms with Gasteiger partial charge >= 0.3 is 11.9 Å². The van der Waals surface area contributed by atoms with Gasteiger partial charge in [-0.2, -0.15) is 0 Å². The van der Waals surface area contributed by atoms with Crippen molar-refractivity contribution in [3.63, 3.8) is 0 Å². The molecule has 0 fully saturated rings. The van der Waals surface area contributed by atoms with Crippen LogP contribution in [0.25, 0.3) is 0 Å². The normalized spacial score (nSPS) is 10.8. The molecule has 2 aromatic carbocycles. The van der Waals surface area contributed by atoms with Gasteiger partial charge < -0.3 is 14.2 Å². The van der Waals surface area contributed by atoms with Gasteiger partial charge in [0.1, 0.15) is 16.5 Å². The summed E-state index contributed by atoms with van der Waals surface area (Å²) in [5.74, 6) is -2.48. The van der Waals surface area contributed by atoms with E-state index in [4.69, 9.17) is 4.74 Å². The molecule has 0 saturated carbocycles. The fourth-order valence-corrected chi connectivity index (χ4v) is 3.47. The molecule has 144 valence electrons. The molecule has 0 unspecified atom stereocenters. The number of nitrogens with one attached hydrogen (secondary N) is 1. The summed E-state index contributed by atoms with van der Waals surface area (Å²) in [6.45, 7) is 0. The van der Waals surface area contributed by atoms with E-state index in [2.05, 4.69) is 14.2 Å². The van der Waals surface area contributed by atoms with Gasteiger partial charge in [-0.1, -0.05) is 0 Å². The van der Waals surface area contributed by atoms with Crippen LogP contribution in [-0.2, 0) is 19.5 Å². The first kappa shape index (κ1) is 20.2. The van der Waals surface area contributed by atoms with Crippen molar-refractivity contribution in [3.8, 4) is 5.75 Å². The Hall–Kier alpha value is -3.14. The molecule has 1 N–H and O–H groups in total. The molecule has 0 aromatic heterocycles. The SMILES string of the molecule is COC(=O)c1ccc(C(=O)OC)c(NS(=O)(=O)c2cc(F)ccc2OC)c1. The number of esters is 2. The van der Waals surface area contributed by atoms with Crippen molar-refractivity contribution in [3.05, 3.63) is 53.3 Å². The fourth-order valence-electron chi connectivity index (χ4n) is 2.22. The van der Waals surface area contributed by atoms with E-state index in [-0.39, 0.29) is 22.6 Å². The number of rotatable bonds is 6. The predicted molar refractivity (Wildman–Crippen MR) is 92.9 cm³/mol. The van der Waals surface area contributed by atoms with Gasteiger partial charge in [0.25, 0.3) is 10.0 Å². The molecule has 0 bridgehead atoms. The zero-order chi connectivity index (χ0) is 20.2. The number of carbonyl (C=O) groups is 2. The van der Waals surface area contributed by atoms with Gasteiger partial charge in [-0.05, 0) is 36.4 Å². The van der Waals surface area contributed by atoms with Gasteiger partial charge in [-0.3, -0.25) is 4.72 Å². The summed E-state index contributed by atoms with van der Waals surface area (Å²) in [5, 5.41) is 0. The summed E-state index contributed by atoms with van der Waals surface area (Å²) in [6, 6.07) is 6.55. The van der Waals surface area contributed by atoms with Crippen LogP contribution in [0.2, 0.25) is 0 Å². The first-order valence-corrected chi connectivity index (χ1v) is 8.89. The summed E-state index contributed by atoms with van der Waals surface area (Å²) >= 11 is 0. The Morgan fingerprint density at radius 1 is 0.963 bits per heavy atom. The van der Waals surface area contributed by atoms with E-state index in [1.807, 2.05) is 0 Å². The average Bonchev–Trinajstić information content (AvgIpc) is 2.66. The number of hydrogen-bond donors (Lipinski definition) is 1. The van der Waals surface area contributed by atoms with Crippen molar-refractivity contribution < 1.29 is 36.6 Å².